The Bertz CT molecular complexity index is 823. The van der Waals surface area contributed by atoms with Crippen LogP contribution in [0.2, 0.25) is 0 Å². The van der Waals surface area contributed by atoms with E-state index in [4.69, 9.17) is 29.4 Å². The lowest BCUT2D eigenvalue weighted by Crippen LogP contribution is -2.27. The van der Waals surface area contributed by atoms with Gasteiger partial charge in [-0.2, -0.15) is 0 Å². The van der Waals surface area contributed by atoms with E-state index in [9.17, 15) is 4.79 Å². The lowest BCUT2D eigenvalue weighted by Gasteiger charge is -2.22. The number of methoxy groups -OCH3 is 3. The van der Waals surface area contributed by atoms with Crippen molar-refractivity contribution in [2.75, 3.05) is 25.6 Å². The average Bonchev–Trinajstić information content (AvgIpc) is 2.76. The van der Waals surface area contributed by atoms with Crippen molar-refractivity contribution >= 4 is 24.5 Å². The monoisotopic (exact) mass is 436 g/mol. The van der Waals surface area contributed by atoms with Gasteiger partial charge in [0.15, 0.2) is 11.5 Å². The van der Waals surface area contributed by atoms with Crippen molar-refractivity contribution < 1.29 is 28.5 Å². The molecule has 2 aromatic rings. The maximum Gasteiger partial charge on any atom is 0.329 e. The third-order valence-corrected chi connectivity index (χ3v) is 4.67. The second-order valence-corrected chi connectivity index (χ2v) is 6.72. The van der Waals surface area contributed by atoms with Crippen LogP contribution in [0, 0.1) is 0 Å². The van der Waals surface area contributed by atoms with Gasteiger partial charge in [0, 0.05) is 24.6 Å². The summed E-state index contributed by atoms with van der Waals surface area (Å²) < 4.78 is 29.3. The summed E-state index contributed by atoms with van der Waals surface area (Å²) in [5, 5.41) is 0. The Morgan fingerprint density at radius 2 is 1.67 bits per heavy atom. The minimum Gasteiger partial charge on any atom is -0.493 e. The predicted octanol–water partition coefficient (Wildman–Crippen LogP) is 4.42. The minimum absolute atomic E-state index is 0.478. The first kappa shape index (κ1) is 23.3. The van der Waals surface area contributed by atoms with Crippen molar-refractivity contribution in [2.24, 2.45) is 5.73 Å². The molecule has 1 unspecified atom stereocenters. The summed E-state index contributed by atoms with van der Waals surface area (Å²) in [6.07, 6.45) is 1.95. The van der Waals surface area contributed by atoms with Crippen LogP contribution in [0.4, 0.5) is 10.5 Å². The number of thiol groups is 1. The summed E-state index contributed by atoms with van der Waals surface area (Å²) in [6.45, 7) is 2.09. The number of anilines is 1. The van der Waals surface area contributed by atoms with E-state index in [0.717, 1.165) is 17.1 Å². The first-order chi connectivity index (χ1) is 14.4. The summed E-state index contributed by atoms with van der Waals surface area (Å²) in [6, 6.07) is 9.61. The average molecular weight is 437 g/mol. The molecule has 0 aliphatic rings. The van der Waals surface area contributed by atoms with Crippen LogP contribution >= 0.6 is 12.8 Å². The first-order valence-corrected chi connectivity index (χ1v) is 9.85. The predicted molar refractivity (Wildman–Crippen MR) is 118 cm³/mol. The highest BCUT2D eigenvalue weighted by atomic mass is 32.1. The van der Waals surface area contributed by atoms with Gasteiger partial charge in [-0.25, -0.2) is 9.10 Å². The van der Waals surface area contributed by atoms with E-state index in [1.54, 1.807) is 50.6 Å². The van der Waals surface area contributed by atoms with Gasteiger partial charge in [0.05, 0.1) is 27.0 Å². The van der Waals surface area contributed by atoms with Crippen LogP contribution in [0.1, 0.15) is 26.2 Å². The van der Waals surface area contributed by atoms with Gasteiger partial charge in [-0.3, -0.25) is 0 Å². The first-order valence-electron chi connectivity index (χ1n) is 9.45. The number of benzene rings is 2. The number of ether oxygens (including phenoxy) is 5. The molecule has 30 heavy (non-hydrogen) atoms. The zero-order valence-electron chi connectivity index (χ0n) is 17.6. The Hall–Kier alpha value is -2.94. The molecular formula is C21H28N2O6S. The van der Waals surface area contributed by atoms with Crippen LogP contribution in [0.15, 0.2) is 36.4 Å². The second-order valence-electron chi connectivity index (χ2n) is 6.32. The topological polar surface area (TPSA) is 92.5 Å². The van der Waals surface area contributed by atoms with Crippen LogP contribution in [0.5, 0.6) is 28.7 Å². The minimum atomic E-state index is -0.688. The van der Waals surface area contributed by atoms with Gasteiger partial charge < -0.3 is 29.4 Å². The zero-order valence-corrected chi connectivity index (χ0v) is 18.5. The van der Waals surface area contributed by atoms with Crippen molar-refractivity contribution in [1.82, 2.24) is 0 Å². The van der Waals surface area contributed by atoms with Crippen molar-refractivity contribution in [1.29, 1.82) is 0 Å². The Morgan fingerprint density at radius 3 is 2.20 bits per heavy atom. The number of nitrogens with two attached hydrogens (primary N) is 1. The van der Waals surface area contributed by atoms with E-state index < -0.39 is 12.3 Å². The molecule has 2 amide bonds. The van der Waals surface area contributed by atoms with E-state index in [2.05, 4.69) is 19.7 Å². The fourth-order valence-electron chi connectivity index (χ4n) is 2.76. The van der Waals surface area contributed by atoms with Gasteiger partial charge in [-0.1, -0.05) is 32.2 Å². The maximum absolute atomic E-state index is 11.4. The van der Waals surface area contributed by atoms with Crippen molar-refractivity contribution in [3.8, 4) is 28.7 Å². The lowest BCUT2D eigenvalue weighted by atomic mass is 10.2. The third kappa shape index (κ3) is 6.03. The summed E-state index contributed by atoms with van der Waals surface area (Å²) >= 11 is 4.08. The molecule has 0 fully saturated rings. The lowest BCUT2D eigenvalue weighted by molar-refractivity contribution is -0.00237. The number of rotatable bonds is 11. The van der Waals surface area contributed by atoms with Gasteiger partial charge in [0.2, 0.25) is 12.0 Å². The molecule has 2 rings (SSSR count). The van der Waals surface area contributed by atoms with Gasteiger partial charge in [-0.05, 0) is 18.6 Å². The molecule has 0 aliphatic carbocycles. The van der Waals surface area contributed by atoms with E-state index >= 15 is 0 Å². The molecule has 0 saturated heterocycles. The van der Waals surface area contributed by atoms with E-state index in [0.29, 0.717) is 40.9 Å². The quantitative estimate of drug-likeness (QED) is 0.400. The Morgan fingerprint density at radius 1 is 1.03 bits per heavy atom. The molecule has 1 atom stereocenters. The normalized spacial score (nSPS) is 11.4. The molecule has 2 aromatic carbocycles. The van der Waals surface area contributed by atoms with Crippen LogP contribution in [0.25, 0.3) is 0 Å². The molecule has 0 bridgehead atoms. The molecule has 164 valence electrons. The van der Waals surface area contributed by atoms with Gasteiger partial charge >= 0.3 is 6.03 Å². The molecule has 2 N–H and O–H groups in total. The van der Waals surface area contributed by atoms with Crippen molar-refractivity contribution in [3.05, 3.63) is 36.4 Å². The van der Waals surface area contributed by atoms with Crippen LogP contribution in [-0.2, 0) is 0 Å². The van der Waals surface area contributed by atoms with Gasteiger partial charge in [0.25, 0.3) is 0 Å². The van der Waals surface area contributed by atoms with E-state index in [1.165, 1.54) is 7.11 Å². The SMILES string of the molecule is CCCCC(Oc1cccc(N(S)C(N)=O)c1)Oc1cc(OC)c(OC)c(OC)c1. The van der Waals surface area contributed by atoms with Crippen molar-refractivity contribution in [2.45, 2.75) is 32.5 Å². The number of carbonyl (C=O) groups is 1. The number of primary amides is 1. The summed E-state index contributed by atoms with van der Waals surface area (Å²) in [5.41, 5.74) is 5.77. The van der Waals surface area contributed by atoms with Gasteiger partial charge in [-0.15, -0.1) is 0 Å². The largest absolute Gasteiger partial charge is 0.493 e. The number of urea groups is 1. The smallest absolute Gasteiger partial charge is 0.329 e. The van der Waals surface area contributed by atoms with Crippen LogP contribution in [0.3, 0.4) is 0 Å². The molecule has 0 saturated carbocycles. The molecule has 0 radical (unpaired) electrons. The summed E-state index contributed by atoms with van der Waals surface area (Å²) in [7, 11) is 4.62. The second kappa shape index (κ2) is 11.3. The van der Waals surface area contributed by atoms with Gasteiger partial charge in [0.1, 0.15) is 11.5 Å². The summed E-state index contributed by atoms with van der Waals surface area (Å²) in [5.74, 6) is 2.47. The summed E-state index contributed by atoms with van der Waals surface area (Å²) in [4.78, 5) is 11.4. The number of amides is 2. The fourth-order valence-corrected chi connectivity index (χ4v) is 2.88. The number of carbonyl (C=O) groups excluding carboxylic acids is 1. The molecule has 8 nitrogen and oxygen atoms in total. The highest BCUT2D eigenvalue weighted by molar-refractivity contribution is 7.82. The molecule has 9 heteroatoms. The Kier molecular flexibility index (Phi) is 8.79. The number of unbranched alkanes of at least 4 members (excludes halogenated alkanes) is 1. The molecule has 0 aromatic heterocycles. The van der Waals surface area contributed by atoms with E-state index in [1.807, 2.05) is 0 Å². The zero-order chi connectivity index (χ0) is 22.1. The van der Waals surface area contributed by atoms with Crippen LogP contribution in [-0.4, -0.2) is 33.7 Å². The van der Waals surface area contributed by atoms with E-state index in [-0.39, 0.29) is 0 Å². The standard InChI is InChI=1S/C21H28N2O6S/c1-5-6-10-19(28-15-9-7-8-14(11-15)23(30)21(22)24)29-16-12-17(25-2)20(27-4)18(13-16)26-3/h7-9,11-13,19,30H,5-6,10H2,1-4H3,(H2,22,24). The molecular weight excluding hydrogens is 408 g/mol. The fraction of sp³-hybridized carbons (Fsp3) is 0.381. The number of hydrogen-bond acceptors (Lipinski definition) is 7. The number of nitrogens with zero attached hydrogens (tertiary/aromatic N) is 1. The molecule has 0 aliphatic heterocycles. The van der Waals surface area contributed by atoms with Crippen LogP contribution < -0.4 is 33.7 Å². The maximum atomic E-state index is 11.4. The highest BCUT2D eigenvalue weighted by Crippen LogP contribution is 2.41. The molecule has 0 heterocycles. The highest BCUT2D eigenvalue weighted by Gasteiger charge is 2.18. The molecule has 0 spiro atoms. The Labute approximate surface area is 182 Å². The third-order valence-electron chi connectivity index (χ3n) is 4.24. The van der Waals surface area contributed by atoms with Crippen molar-refractivity contribution in [3.63, 3.8) is 0 Å². The number of hydrogen-bond donors (Lipinski definition) is 2. The Balaban J connectivity index is 2.27.